The molecular weight excluding hydrogens is 532 g/mol. The number of aliphatic hydroxyl groups is 1. The Bertz CT molecular complexity index is 1100. The number of esters is 2. The van der Waals surface area contributed by atoms with Gasteiger partial charge in [0.15, 0.2) is 28.0 Å². The van der Waals surface area contributed by atoms with Crippen LogP contribution in [0.1, 0.15) is 47.5 Å². The molecule has 1 saturated carbocycles. The smallest absolute Gasteiger partial charge is 0.303 e. The first kappa shape index (κ1) is 26.1. The molecule has 2 bridgehead atoms. The highest BCUT2D eigenvalue weighted by Crippen LogP contribution is 2.70. The second-order valence-corrected chi connectivity index (χ2v) is 15.1. The Labute approximate surface area is 219 Å². The number of hydrogen-bond acceptors (Lipinski definition) is 12. The maximum absolute atomic E-state index is 14.1. The van der Waals surface area contributed by atoms with E-state index in [2.05, 4.69) is 0 Å². The number of ketones is 1. The summed E-state index contributed by atoms with van der Waals surface area (Å²) in [7, 11) is 4.87. The van der Waals surface area contributed by atoms with Crippen LogP contribution >= 0.6 is 31.4 Å². The molecule has 5 aliphatic heterocycles. The van der Waals surface area contributed by atoms with E-state index in [0.29, 0.717) is 0 Å². The van der Waals surface area contributed by atoms with Gasteiger partial charge in [-0.1, -0.05) is 13.8 Å². The van der Waals surface area contributed by atoms with Gasteiger partial charge < -0.3 is 29.1 Å². The Morgan fingerprint density at radius 1 is 1.14 bits per heavy atom. The third kappa shape index (κ3) is 2.85. The average Bonchev–Trinajstić information content (AvgIpc) is 3.17. The average molecular weight is 561 g/mol. The number of aliphatic hydroxyl groups excluding tert-OH is 1. The zero-order valence-electron chi connectivity index (χ0n) is 20.7. The summed E-state index contributed by atoms with van der Waals surface area (Å²) in [6.07, 6.45) is -2.28. The lowest BCUT2D eigenvalue weighted by atomic mass is 9.76. The first-order chi connectivity index (χ1) is 16.7. The van der Waals surface area contributed by atoms with Crippen LogP contribution in [0.5, 0.6) is 0 Å². The minimum Gasteiger partial charge on any atom is -0.455 e. The lowest BCUT2D eigenvalue weighted by molar-refractivity contribution is -0.202. The molecule has 6 rings (SSSR count). The second kappa shape index (κ2) is 7.78. The van der Waals surface area contributed by atoms with Crippen LogP contribution in [0.2, 0.25) is 0 Å². The van der Waals surface area contributed by atoms with E-state index in [9.17, 15) is 29.1 Å². The van der Waals surface area contributed by atoms with Gasteiger partial charge in [0.05, 0.1) is 24.2 Å². The van der Waals surface area contributed by atoms with E-state index in [1.165, 1.54) is 40.5 Å². The van der Waals surface area contributed by atoms with Crippen LogP contribution in [0.25, 0.3) is 0 Å². The second-order valence-electron chi connectivity index (χ2n) is 10.6. The maximum Gasteiger partial charge on any atom is 0.303 e. The SMILES string of the molecule is CC(=O)O[C@H]1[C@]2(OC(C)=O)C[C@]34SSS[C@](CO)(C(=O)N3[C@@H]2C[C@@]12O[C@H](C)C(C)(C)C2=O)N(C)C4=O. The lowest BCUT2D eigenvalue weighted by Crippen LogP contribution is -2.73. The number of nitrogens with zero attached hydrogens (tertiary/aromatic N) is 2. The highest BCUT2D eigenvalue weighted by molar-refractivity contribution is 9.10. The Morgan fingerprint density at radius 3 is 2.33 bits per heavy atom. The normalized spacial score (nSPS) is 44.6. The topological polar surface area (TPSA) is 140 Å². The van der Waals surface area contributed by atoms with Gasteiger partial charge in [0, 0.05) is 33.7 Å². The van der Waals surface area contributed by atoms with Gasteiger partial charge in [-0.25, -0.2) is 0 Å². The molecule has 0 aromatic carbocycles. The number of fused-ring (bicyclic) bond motifs is 4. The molecule has 6 aliphatic rings. The van der Waals surface area contributed by atoms with E-state index in [4.69, 9.17) is 14.2 Å². The number of ether oxygens (including phenoxy) is 3. The van der Waals surface area contributed by atoms with Crippen LogP contribution in [0.3, 0.4) is 0 Å². The number of likely N-dealkylation sites (N-methyl/N-ethyl adjacent to an activating group) is 1. The molecule has 14 heteroatoms. The number of piperazine rings is 1. The fourth-order valence-electron chi connectivity index (χ4n) is 6.49. The van der Waals surface area contributed by atoms with E-state index in [1.54, 1.807) is 20.8 Å². The van der Waals surface area contributed by atoms with Crippen molar-refractivity contribution in [3.63, 3.8) is 0 Å². The zero-order chi connectivity index (χ0) is 26.6. The van der Waals surface area contributed by atoms with Gasteiger partial charge in [-0.15, -0.1) is 0 Å². The minimum atomic E-state index is -1.72. The number of Topliss-reactive ketones (excluding diaryl/α,β-unsaturated/α-hetero) is 1. The highest BCUT2D eigenvalue weighted by atomic mass is 33.5. The van der Waals surface area contributed by atoms with Crippen molar-refractivity contribution < 1.29 is 43.3 Å². The van der Waals surface area contributed by atoms with Crippen molar-refractivity contribution in [3.05, 3.63) is 0 Å². The molecule has 7 atom stereocenters. The van der Waals surface area contributed by atoms with Gasteiger partial charge >= 0.3 is 11.9 Å². The summed E-state index contributed by atoms with van der Waals surface area (Å²) >= 11 is 0. The summed E-state index contributed by atoms with van der Waals surface area (Å²) < 4.78 is 18.0. The van der Waals surface area contributed by atoms with Crippen LogP contribution in [-0.4, -0.2) is 97.3 Å². The van der Waals surface area contributed by atoms with E-state index < -0.39 is 75.0 Å². The fraction of sp³-hybridized carbons (Fsp3) is 0.773. The minimum absolute atomic E-state index is 0.132. The zero-order valence-corrected chi connectivity index (χ0v) is 23.1. The number of amides is 2. The predicted molar refractivity (Wildman–Crippen MR) is 130 cm³/mol. The molecule has 0 radical (unpaired) electrons. The number of hydrogen-bond donors (Lipinski definition) is 1. The molecule has 0 aromatic heterocycles. The predicted octanol–water partition coefficient (Wildman–Crippen LogP) is 0.877. The van der Waals surface area contributed by atoms with Crippen molar-refractivity contribution in [1.82, 2.24) is 9.80 Å². The third-order valence-electron chi connectivity index (χ3n) is 8.43. The number of carbonyl (C=O) groups is 5. The molecule has 2 amide bonds. The summed E-state index contributed by atoms with van der Waals surface area (Å²) in [4.78, 5) is 66.3. The van der Waals surface area contributed by atoms with Gasteiger partial charge in [-0.2, -0.15) is 0 Å². The molecule has 1 N–H and O–H groups in total. The molecule has 2 spiro atoms. The maximum atomic E-state index is 14.1. The van der Waals surface area contributed by atoms with Crippen molar-refractivity contribution in [2.45, 2.75) is 86.7 Å². The van der Waals surface area contributed by atoms with E-state index >= 15 is 0 Å². The van der Waals surface area contributed by atoms with Crippen molar-refractivity contribution in [2.24, 2.45) is 5.41 Å². The van der Waals surface area contributed by atoms with Crippen molar-refractivity contribution in [1.29, 1.82) is 0 Å². The molecule has 6 fully saturated rings. The monoisotopic (exact) mass is 560 g/mol. The van der Waals surface area contributed by atoms with Crippen LogP contribution in [0.4, 0.5) is 0 Å². The molecule has 0 aromatic rings. The molecule has 0 unspecified atom stereocenters. The van der Waals surface area contributed by atoms with Gasteiger partial charge in [-0.3, -0.25) is 24.0 Å². The standard InChI is InChI=1S/C22H28N2O9S3/c1-10-18(4,5)14(28)19(32-10)7-13-20(33-12(3)27,15(19)31-11(2)26)8-21-16(29)23(6)22(9-25,35-36-34-21)17(30)24(13)21/h10,13,15,25H,7-9H2,1-6H3/t10-,13-,15-,19+,20+,21-,22-/m1/s1. The largest absolute Gasteiger partial charge is 0.455 e. The van der Waals surface area contributed by atoms with Crippen LogP contribution < -0.4 is 0 Å². The summed E-state index contributed by atoms with van der Waals surface area (Å²) in [5.41, 5.74) is -4.36. The first-order valence-electron chi connectivity index (χ1n) is 11.5. The van der Waals surface area contributed by atoms with E-state index in [0.717, 1.165) is 21.6 Å². The fourth-order valence-corrected chi connectivity index (χ4v) is 12.4. The molecule has 36 heavy (non-hydrogen) atoms. The Balaban J connectivity index is 1.75. The number of rotatable bonds is 3. The lowest BCUT2D eigenvalue weighted by Gasteiger charge is -2.50. The molecule has 11 nitrogen and oxygen atoms in total. The first-order valence-corrected chi connectivity index (χ1v) is 15.0. The van der Waals surface area contributed by atoms with Crippen molar-refractivity contribution >= 4 is 60.9 Å². The summed E-state index contributed by atoms with van der Waals surface area (Å²) in [5, 5.41) is 10.3. The van der Waals surface area contributed by atoms with E-state index in [1.807, 2.05) is 0 Å². The van der Waals surface area contributed by atoms with Crippen LogP contribution in [0, 0.1) is 5.41 Å². The Morgan fingerprint density at radius 2 is 1.81 bits per heavy atom. The van der Waals surface area contributed by atoms with Gasteiger partial charge in [-0.05, 0) is 38.3 Å². The molecule has 1 aliphatic carbocycles. The van der Waals surface area contributed by atoms with Crippen molar-refractivity contribution in [3.8, 4) is 0 Å². The third-order valence-corrected chi connectivity index (χ3v) is 13.5. The quantitative estimate of drug-likeness (QED) is 0.387. The Kier molecular flexibility index (Phi) is 5.65. The summed E-state index contributed by atoms with van der Waals surface area (Å²) in [6.45, 7) is 6.94. The Hall–Kier alpha value is -1.48. The summed E-state index contributed by atoms with van der Waals surface area (Å²) in [6, 6.07) is -1.02. The van der Waals surface area contributed by atoms with Gasteiger partial charge in [0.25, 0.3) is 11.8 Å². The molecular formula is C22H28N2O9S3. The van der Waals surface area contributed by atoms with E-state index in [-0.39, 0.29) is 18.6 Å². The van der Waals surface area contributed by atoms with Gasteiger partial charge in [0.2, 0.25) is 4.87 Å². The molecule has 5 saturated heterocycles. The summed E-state index contributed by atoms with van der Waals surface area (Å²) in [5.74, 6) is -2.74. The molecule has 5 heterocycles. The van der Waals surface area contributed by atoms with Crippen molar-refractivity contribution in [2.75, 3.05) is 13.7 Å². The van der Waals surface area contributed by atoms with Gasteiger partial charge in [0.1, 0.15) is 0 Å². The van der Waals surface area contributed by atoms with Crippen LogP contribution in [-0.2, 0) is 38.2 Å². The number of carbonyl (C=O) groups excluding carboxylic acids is 5. The highest BCUT2D eigenvalue weighted by Gasteiger charge is 2.85. The van der Waals surface area contributed by atoms with Crippen LogP contribution in [0.15, 0.2) is 0 Å². The molecule has 198 valence electrons.